The molecule has 0 spiro atoms. The molecule has 0 saturated heterocycles. The van der Waals surface area contributed by atoms with Gasteiger partial charge in [0.25, 0.3) is 0 Å². The Bertz CT molecular complexity index is 384. The monoisotopic (exact) mass is 205 g/mol. The third-order valence-electron chi connectivity index (χ3n) is 3.63. The Hall–Kier alpha value is -1.02. The van der Waals surface area contributed by atoms with Crippen LogP contribution in [0.15, 0.2) is 18.2 Å². The number of methoxy groups -OCH3 is 1. The zero-order chi connectivity index (χ0) is 11.2. The molecule has 2 atom stereocenters. The first kappa shape index (κ1) is 10.5. The predicted octanol–water partition coefficient (Wildman–Crippen LogP) is 2.45. The van der Waals surface area contributed by atoms with Gasteiger partial charge in [0.2, 0.25) is 0 Å². The Morgan fingerprint density at radius 3 is 2.40 bits per heavy atom. The maximum atomic E-state index is 6.09. The quantitative estimate of drug-likeness (QED) is 0.805. The molecule has 2 heteroatoms. The van der Waals surface area contributed by atoms with E-state index in [2.05, 4.69) is 32.9 Å². The molecule has 2 rings (SSSR count). The van der Waals surface area contributed by atoms with Crippen molar-refractivity contribution in [1.29, 1.82) is 0 Å². The first-order valence-electron chi connectivity index (χ1n) is 5.38. The van der Waals surface area contributed by atoms with Crippen LogP contribution in [0.1, 0.15) is 30.9 Å². The molecular weight excluding hydrogens is 186 g/mol. The number of hydrogen-bond donors (Lipinski definition) is 1. The number of nitrogens with two attached hydrogens (primary N) is 1. The van der Waals surface area contributed by atoms with Gasteiger partial charge in [-0.2, -0.15) is 0 Å². The number of aryl methyl sites for hydroxylation is 1. The van der Waals surface area contributed by atoms with Crippen molar-refractivity contribution in [3.8, 4) is 5.75 Å². The van der Waals surface area contributed by atoms with Gasteiger partial charge < -0.3 is 10.5 Å². The van der Waals surface area contributed by atoms with E-state index in [1.807, 2.05) is 6.07 Å². The molecule has 0 heterocycles. The van der Waals surface area contributed by atoms with Crippen LogP contribution in [0.25, 0.3) is 0 Å². The lowest BCUT2D eigenvalue weighted by molar-refractivity contribution is 0.407. The fourth-order valence-electron chi connectivity index (χ4n) is 2.37. The molecule has 15 heavy (non-hydrogen) atoms. The van der Waals surface area contributed by atoms with Crippen LogP contribution in [-0.4, -0.2) is 13.2 Å². The summed E-state index contributed by atoms with van der Waals surface area (Å²) in [6, 6.07) is 6.56. The number of ether oxygens (including phenoxy) is 1. The lowest BCUT2D eigenvalue weighted by atomic mass is 10.0. The molecular formula is C13H19NO. The van der Waals surface area contributed by atoms with Gasteiger partial charge in [0, 0.05) is 12.0 Å². The molecule has 0 amide bonds. The second-order valence-corrected chi connectivity index (χ2v) is 5.07. The molecule has 1 saturated carbocycles. The van der Waals surface area contributed by atoms with E-state index < -0.39 is 0 Å². The molecule has 1 aliphatic rings. The summed E-state index contributed by atoms with van der Waals surface area (Å²) in [6.07, 6.45) is 0. The Morgan fingerprint density at radius 1 is 1.33 bits per heavy atom. The Kier molecular flexibility index (Phi) is 2.27. The molecule has 0 radical (unpaired) electrons. The summed E-state index contributed by atoms with van der Waals surface area (Å²) in [5.41, 5.74) is 8.83. The molecule has 0 bridgehead atoms. The van der Waals surface area contributed by atoms with Crippen LogP contribution in [0.2, 0.25) is 0 Å². The average Bonchev–Trinajstić information content (AvgIpc) is 2.66. The van der Waals surface area contributed by atoms with Crippen LogP contribution >= 0.6 is 0 Å². The van der Waals surface area contributed by atoms with Gasteiger partial charge in [-0.15, -0.1) is 0 Å². The maximum Gasteiger partial charge on any atom is 0.122 e. The second kappa shape index (κ2) is 3.24. The van der Waals surface area contributed by atoms with E-state index in [1.165, 1.54) is 11.1 Å². The topological polar surface area (TPSA) is 35.2 Å². The van der Waals surface area contributed by atoms with E-state index in [0.29, 0.717) is 5.92 Å². The maximum absolute atomic E-state index is 6.09. The molecule has 0 unspecified atom stereocenters. The highest BCUT2D eigenvalue weighted by atomic mass is 16.5. The standard InChI is InChI=1S/C13H19NO/c1-8-5-6-10(15-4)9(7-8)11-12(14)13(11,2)3/h5-7,11-12H,14H2,1-4H3/t11-,12-/m0/s1. The van der Waals surface area contributed by atoms with Crippen molar-refractivity contribution in [2.45, 2.75) is 32.7 Å². The van der Waals surface area contributed by atoms with Crippen molar-refractivity contribution in [3.63, 3.8) is 0 Å². The van der Waals surface area contributed by atoms with Crippen LogP contribution in [0.5, 0.6) is 5.75 Å². The average molecular weight is 205 g/mol. The van der Waals surface area contributed by atoms with Crippen LogP contribution in [-0.2, 0) is 0 Å². The molecule has 1 fully saturated rings. The van der Waals surface area contributed by atoms with Crippen LogP contribution in [0.4, 0.5) is 0 Å². The molecule has 0 aromatic heterocycles. The van der Waals surface area contributed by atoms with Crippen LogP contribution in [0, 0.1) is 12.3 Å². The highest BCUT2D eigenvalue weighted by Crippen LogP contribution is 2.59. The smallest absolute Gasteiger partial charge is 0.122 e. The van der Waals surface area contributed by atoms with Gasteiger partial charge in [-0.1, -0.05) is 31.5 Å². The predicted molar refractivity (Wildman–Crippen MR) is 62.2 cm³/mol. The van der Waals surface area contributed by atoms with Crippen molar-refractivity contribution in [2.24, 2.45) is 11.1 Å². The van der Waals surface area contributed by atoms with Gasteiger partial charge in [0.15, 0.2) is 0 Å². The third kappa shape index (κ3) is 1.53. The van der Waals surface area contributed by atoms with E-state index in [1.54, 1.807) is 7.11 Å². The summed E-state index contributed by atoms with van der Waals surface area (Å²) in [7, 11) is 1.72. The minimum atomic E-state index is 0.209. The van der Waals surface area contributed by atoms with Gasteiger partial charge in [-0.3, -0.25) is 0 Å². The molecule has 2 nitrogen and oxygen atoms in total. The second-order valence-electron chi connectivity index (χ2n) is 5.07. The Balaban J connectivity index is 2.40. The summed E-state index contributed by atoms with van der Waals surface area (Å²) < 4.78 is 5.39. The minimum Gasteiger partial charge on any atom is -0.496 e. The third-order valence-corrected chi connectivity index (χ3v) is 3.63. The molecule has 1 aliphatic carbocycles. The van der Waals surface area contributed by atoms with Gasteiger partial charge in [-0.05, 0) is 24.0 Å². The first-order valence-corrected chi connectivity index (χ1v) is 5.38. The van der Waals surface area contributed by atoms with Crippen molar-refractivity contribution in [3.05, 3.63) is 29.3 Å². The van der Waals surface area contributed by atoms with Crippen LogP contribution in [0.3, 0.4) is 0 Å². The molecule has 0 aliphatic heterocycles. The largest absolute Gasteiger partial charge is 0.496 e. The van der Waals surface area contributed by atoms with Crippen molar-refractivity contribution in [1.82, 2.24) is 0 Å². The zero-order valence-electron chi connectivity index (χ0n) is 9.87. The van der Waals surface area contributed by atoms with E-state index in [0.717, 1.165) is 5.75 Å². The Morgan fingerprint density at radius 2 is 1.93 bits per heavy atom. The van der Waals surface area contributed by atoms with Crippen molar-refractivity contribution < 1.29 is 4.74 Å². The van der Waals surface area contributed by atoms with Gasteiger partial charge >= 0.3 is 0 Å². The summed E-state index contributed by atoms with van der Waals surface area (Å²) >= 11 is 0. The number of benzene rings is 1. The van der Waals surface area contributed by atoms with E-state index in [9.17, 15) is 0 Å². The first-order chi connectivity index (χ1) is 6.98. The summed E-state index contributed by atoms with van der Waals surface area (Å²) in [4.78, 5) is 0. The van der Waals surface area contributed by atoms with Gasteiger partial charge in [0.1, 0.15) is 5.75 Å². The highest BCUT2D eigenvalue weighted by Gasteiger charge is 2.57. The van der Waals surface area contributed by atoms with Gasteiger partial charge in [-0.25, -0.2) is 0 Å². The SMILES string of the molecule is COc1ccc(C)cc1[C@H]1[C@H](N)C1(C)C. The molecule has 1 aromatic carbocycles. The Labute approximate surface area is 91.4 Å². The highest BCUT2D eigenvalue weighted by molar-refractivity contribution is 5.46. The lowest BCUT2D eigenvalue weighted by Gasteiger charge is -2.10. The number of rotatable bonds is 2. The molecule has 1 aromatic rings. The fraction of sp³-hybridized carbons (Fsp3) is 0.538. The minimum absolute atomic E-state index is 0.209. The van der Waals surface area contributed by atoms with E-state index in [-0.39, 0.29) is 11.5 Å². The number of hydrogen-bond acceptors (Lipinski definition) is 2. The van der Waals surface area contributed by atoms with Crippen molar-refractivity contribution in [2.75, 3.05) is 7.11 Å². The normalized spacial score (nSPS) is 27.5. The molecule has 2 N–H and O–H groups in total. The summed E-state index contributed by atoms with van der Waals surface area (Å²) in [6.45, 7) is 6.53. The van der Waals surface area contributed by atoms with Gasteiger partial charge in [0.05, 0.1) is 7.11 Å². The lowest BCUT2D eigenvalue weighted by Crippen LogP contribution is -2.06. The molecule has 82 valence electrons. The summed E-state index contributed by atoms with van der Waals surface area (Å²) in [5, 5.41) is 0. The van der Waals surface area contributed by atoms with E-state index >= 15 is 0 Å². The zero-order valence-corrected chi connectivity index (χ0v) is 9.87. The fourth-order valence-corrected chi connectivity index (χ4v) is 2.37. The summed E-state index contributed by atoms with van der Waals surface area (Å²) in [5.74, 6) is 1.40. The van der Waals surface area contributed by atoms with E-state index in [4.69, 9.17) is 10.5 Å². The van der Waals surface area contributed by atoms with Crippen molar-refractivity contribution >= 4 is 0 Å². The van der Waals surface area contributed by atoms with Crippen LogP contribution < -0.4 is 10.5 Å².